The highest BCUT2D eigenvalue weighted by atomic mass is 32.1. The standard InChI is InChI=1S/C9H14N6O2S/c1-16-4-7-6(3-10)11-14-15(7)9-13-12-8(18-9)5-17-2/h3-5,10H2,1-2H3. The average Bonchev–Trinajstić information content (AvgIpc) is 2.96. The SMILES string of the molecule is COCc1nnc(-n2nnc(CN)c2COC)s1. The van der Waals surface area contributed by atoms with Gasteiger partial charge in [0.1, 0.15) is 17.3 Å². The number of aromatic nitrogens is 5. The van der Waals surface area contributed by atoms with Crippen LogP contribution in [0.4, 0.5) is 0 Å². The zero-order valence-corrected chi connectivity index (χ0v) is 11.0. The minimum absolute atomic E-state index is 0.308. The summed E-state index contributed by atoms with van der Waals surface area (Å²) in [7, 11) is 3.22. The minimum Gasteiger partial charge on any atom is -0.378 e. The van der Waals surface area contributed by atoms with Gasteiger partial charge in [-0.25, -0.2) is 0 Å². The van der Waals surface area contributed by atoms with Crippen molar-refractivity contribution in [2.45, 2.75) is 19.8 Å². The number of hydrogen-bond donors (Lipinski definition) is 1. The summed E-state index contributed by atoms with van der Waals surface area (Å²) in [5, 5.41) is 17.5. The second kappa shape index (κ2) is 5.96. The second-order valence-electron chi connectivity index (χ2n) is 3.44. The first kappa shape index (κ1) is 13.0. The third-order valence-corrected chi connectivity index (χ3v) is 3.10. The van der Waals surface area contributed by atoms with Crippen molar-refractivity contribution in [2.24, 2.45) is 5.73 Å². The Balaban J connectivity index is 2.33. The lowest BCUT2D eigenvalue weighted by Crippen LogP contribution is -2.07. The molecule has 0 amide bonds. The number of hydrogen-bond acceptors (Lipinski definition) is 8. The van der Waals surface area contributed by atoms with Gasteiger partial charge < -0.3 is 15.2 Å². The molecule has 0 unspecified atom stereocenters. The van der Waals surface area contributed by atoms with Crippen LogP contribution >= 0.6 is 11.3 Å². The maximum Gasteiger partial charge on any atom is 0.234 e. The molecule has 0 spiro atoms. The van der Waals surface area contributed by atoms with Gasteiger partial charge in [-0.2, -0.15) is 4.68 Å². The van der Waals surface area contributed by atoms with E-state index in [0.29, 0.717) is 30.6 Å². The summed E-state index contributed by atoms with van der Waals surface area (Å²) >= 11 is 1.39. The van der Waals surface area contributed by atoms with Crippen LogP contribution in [0.25, 0.3) is 5.13 Å². The Morgan fingerprint density at radius 2 is 1.94 bits per heavy atom. The normalized spacial score (nSPS) is 11.1. The fourth-order valence-electron chi connectivity index (χ4n) is 1.44. The van der Waals surface area contributed by atoms with E-state index in [2.05, 4.69) is 20.5 Å². The molecule has 0 saturated heterocycles. The van der Waals surface area contributed by atoms with Crippen molar-refractivity contribution < 1.29 is 9.47 Å². The van der Waals surface area contributed by atoms with E-state index in [1.165, 1.54) is 11.3 Å². The third kappa shape index (κ3) is 2.53. The zero-order chi connectivity index (χ0) is 13.0. The van der Waals surface area contributed by atoms with E-state index in [1.54, 1.807) is 18.9 Å². The maximum absolute atomic E-state index is 5.60. The van der Waals surface area contributed by atoms with Crippen LogP contribution in [0.3, 0.4) is 0 Å². The number of nitrogens with two attached hydrogens (primary N) is 1. The van der Waals surface area contributed by atoms with E-state index in [1.807, 2.05) is 0 Å². The van der Waals surface area contributed by atoms with Gasteiger partial charge in [-0.3, -0.25) is 0 Å². The molecule has 0 radical (unpaired) electrons. The Labute approximate surface area is 108 Å². The van der Waals surface area contributed by atoms with E-state index in [-0.39, 0.29) is 0 Å². The van der Waals surface area contributed by atoms with Crippen molar-refractivity contribution in [1.29, 1.82) is 0 Å². The second-order valence-corrected chi connectivity index (χ2v) is 4.48. The van der Waals surface area contributed by atoms with Crippen LogP contribution in [0.2, 0.25) is 0 Å². The molecule has 0 aliphatic rings. The summed E-state index contributed by atoms with van der Waals surface area (Å²) in [6, 6.07) is 0. The van der Waals surface area contributed by atoms with Gasteiger partial charge in [0.2, 0.25) is 5.13 Å². The molecular weight excluding hydrogens is 256 g/mol. The molecule has 0 fully saturated rings. The topological polar surface area (TPSA) is 101 Å². The zero-order valence-electron chi connectivity index (χ0n) is 10.2. The Bertz CT molecular complexity index is 511. The molecule has 2 heterocycles. The maximum atomic E-state index is 5.60. The first-order chi connectivity index (χ1) is 8.80. The van der Waals surface area contributed by atoms with Crippen LogP contribution in [0.5, 0.6) is 0 Å². The lowest BCUT2D eigenvalue weighted by Gasteiger charge is -2.02. The van der Waals surface area contributed by atoms with E-state index >= 15 is 0 Å². The van der Waals surface area contributed by atoms with E-state index in [4.69, 9.17) is 15.2 Å². The summed E-state index contributed by atoms with van der Waals surface area (Å²) in [5.41, 5.74) is 7.09. The van der Waals surface area contributed by atoms with E-state index in [0.717, 1.165) is 10.7 Å². The number of nitrogens with zero attached hydrogens (tertiary/aromatic N) is 5. The van der Waals surface area contributed by atoms with Gasteiger partial charge in [0.05, 0.1) is 12.3 Å². The summed E-state index contributed by atoms with van der Waals surface area (Å²) in [6.45, 7) is 1.11. The van der Waals surface area contributed by atoms with Crippen LogP contribution in [0, 0.1) is 0 Å². The highest BCUT2D eigenvalue weighted by Crippen LogP contribution is 2.18. The molecule has 2 aromatic rings. The highest BCUT2D eigenvalue weighted by molar-refractivity contribution is 7.13. The molecule has 0 aliphatic heterocycles. The molecule has 9 heteroatoms. The van der Waals surface area contributed by atoms with Crippen molar-refractivity contribution in [3.63, 3.8) is 0 Å². The Hall–Kier alpha value is -1.42. The molecule has 18 heavy (non-hydrogen) atoms. The van der Waals surface area contributed by atoms with Crippen molar-refractivity contribution >= 4 is 11.3 Å². The smallest absolute Gasteiger partial charge is 0.234 e. The number of ether oxygens (including phenoxy) is 2. The van der Waals surface area contributed by atoms with Crippen LogP contribution in [0.1, 0.15) is 16.4 Å². The van der Waals surface area contributed by atoms with Crippen molar-refractivity contribution in [1.82, 2.24) is 25.2 Å². The molecule has 0 aliphatic carbocycles. The quantitative estimate of drug-likeness (QED) is 0.780. The molecule has 98 valence electrons. The Morgan fingerprint density at radius 1 is 1.17 bits per heavy atom. The average molecular weight is 270 g/mol. The fraction of sp³-hybridized carbons (Fsp3) is 0.556. The largest absolute Gasteiger partial charge is 0.378 e. The number of rotatable bonds is 6. The summed E-state index contributed by atoms with van der Waals surface area (Å²) in [6.07, 6.45) is 0. The lowest BCUT2D eigenvalue weighted by atomic mass is 10.3. The molecule has 0 bridgehead atoms. The van der Waals surface area contributed by atoms with Gasteiger partial charge in [0.15, 0.2) is 0 Å². The van der Waals surface area contributed by atoms with Gasteiger partial charge in [-0.15, -0.1) is 15.3 Å². The lowest BCUT2D eigenvalue weighted by molar-refractivity contribution is 0.178. The molecule has 0 aromatic carbocycles. The Kier molecular flexibility index (Phi) is 4.31. The van der Waals surface area contributed by atoms with Crippen molar-refractivity contribution in [3.8, 4) is 5.13 Å². The first-order valence-corrected chi connectivity index (χ1v) is 6.06. The monoisotopic (exact) mass is 270 g/mol. The first-order valence-electron chi connectivity index (χ1n) is 5.24. The molecule has 0 atom stereocenters. The predicted octanol–water partition coefficient (Wildman–Crippen LogP) is -0.130. The van der Waals surface area contributed by atoms with Crippen LogP contribution in [0.15, 0.2) is 0 Å². The van der Waals surface area contributed by atoms with Gasteiger partial charge in [0, 0.05) is 20.8 Å². The van der Waals surface area contributed by atoms with E-state index in [9.17, 15) is 0 Å². The fourth-order valence-corrected chi connectivity index (χ4v) is 2.22. The molecule has 0 saturated carbocycles. The van der Waals surface area contributed by atoms with E-state index < -0.39 is 0 Å². The third-order valence-electron chi connectivity index (χ3n) is 2.22. The molecule has 8 nitrogen and oxygen atoms in total. The van der Waals surface area contributed by atoms with Crippen LogP contribution < -0.4 is 5.73 Å². The summed E-state index contributed by atoms with van der Waals surface area (Å²) < 4.78 is 11.7. The Morgan fingerprint density at radius 3 is 2.61 bits per heavy atom. The van der Waals surface area contributed by atoms with Crippen LogP contribution in [-0.4, -0.2) is 39.4 Å². The van der Waals surface area contributed by atoms with Gasteiger partial charge in [0.25, 0.3) is 0 Å². The predicted molar refractivity (Wildman–Crippen MR) is 64.1 cm³/mol. The summed E-state index contributed by atoms with van der Waals surface area (Å²) in [5.74, 6) is 0. The minimum atomic E-state index is 0.308. The van der Waals surface area contributed by atoms with Gasteiger partial charge in [-0.05, 0) is 0 Å². The highest BCUT2D eigenvalue weighted by Gasteiger charge is 2.16. The summed E-state index contributed by atoms with van der Waals surface area (Å²) in [4.78, 5) is 0. The molecule has 2 aromatic heterocycles. The van der Waals surface area contributed by atoms with Crippen LogP contribution in [-0.2, 0) is 29.2 Å². The molecule has 2 rings (SSSR count). The van der Waals surface area contributed by atoms with Gasteiger partial charge >= 0.3 is 0 Å². The molecule has 2 N–H and O–H groups in total. The number of methoxy groups -OCH3 is 2. The molecular formula is C9H14N6O2S. The van der Waals surface area contributed by atoms with Crippen molar-refractivity contribution in [2.75, 3.05) is 14.2 Å². The van der Waals surface area contributed by atoms with Crippen molar-refractivity contribution in [3.05, 3.63) is 16.4 Å². The van der Waals surface area contributed by atoms with Gasteiger partial charge in [-0.1, -0.05) is 16.6 Å².